The van der Waals surface area contributed by atoms with Gasteiger partial charge in [-0.05, 0) is 32.0 Å². The highest BCUT2D eigenvalue weighted by molar-refractivity contribution is 7.92. The van der Waals surface area contributed by atoms with Crippen molar-refractivity contribution in [2.75, 3.05) is 4.72 Å². The summed E-state index contributed by atoms with van der Waals surface area (Å²) in [6.45, 7) is 3.53. The van der Waals surface area contributed by atoms with Crippen molar-refractivity contribution in [3.8, 4) is 0 Å². The summed E-state index contributed by atoms with van der Waals surface area (Å²) in [5.41, 5.74) is 7.45. The molecule has 3 N–H and O–H groups in total. The summed E-state index contributed by atoms with van der Waals surface area (Å²) in [5, 5.41) is 0. The molecule has 0 saturated carbocycles. The van der Waals surface area contributed by atoms with Crippen LogP contribution in [0.15, 0.2) is 35.2 Å². The first-order valence-corrected chi connectivity index (χ1v) is 7.92. The van der Waals surface area contributed by atoms with E-state index < -0.39 is 10.0 Å². The van der Waals surface area contributed by atoms with Gasteiger partial charge in [-0.3, -0.25) is 0 Å². The van der Waals surface area contributed by atoms with Crippen LogP contribution in [0.4, 0.5) is 5.95 Å². The van der Waals surface area contributed by atoms with Crippen molar-refractivity contribution in [3.63, 3.8) is 0 Å². The molecule has 110 valence electrons. The molecular weight excluding hydrogens is 308 g/mol. The summed E-state index contributed by atoms with van der Waals surface area (Å²) in [5.74, 6) is 0.0472. The van der Waals surface area contributed by atoms with Crippen LogP contribution in [-0.2, 0) is 10.0 Å². The molecule has 0 unspecified atom stereocenters. The predicted molar refractivity (Wildman–Crippen MR) is 84.6 cm³/mol. The monoisotopic (exact) mass is 322 g/mol. The molecule has 0 bridgehead atoms. The minimum Gasteiger partial charge on any atom is -0.389 e. The standard InChI is InChI=1S/C13H14N4O2S2/c1-8-7-9(2)16-13(15-8)17-21(18,19)11-5-3-10(4-6-11)12(14)20/h3-7H,1-2H3,(H2,14,20)(H,15,16,17). The van der Waals surface area contributed by atoms with Gasteiger partial charge in [0.1, 0.15) is 4.99 Å². The molecule has 0 aliphatic carbocycles. The van der Waals surface area contributed by atoms with Crippen molar-refractivity contribution in [2.24, 2.45) is 5.73 Å². The lowest BCUT2D eigenvalue weighted by Gasteiger charge is -2.08. The summed E-state index contributed by atoms with van der Waals surface area (Å²) < 4.78 is 26.9. The third-order valence-corrected chi connectivity index (χ3v) is 4.24. The maximum absolute atomic E-state index is 12.3. The van der Waals surface area contributed by atoms with E-state index in [4.69, 9.17) is 18.0 Å². The second-order valence-electron chi connectivity index (χ2n) is 4.47. The van der Waals surface area contributed by atoms with E-state index in [2.05, 4.69) is 14.7 Å². The van der Waals surface area contributed by atoms with Gasteiger partial charge in [-0.15, -0.1) is 0 Å². The van der Waals surface area contributed by atoms with Crippen LogP contribution in [-0.4, -0.2) is 23.4 Å². The van der Waals surface area contributed by atoms with Gasteiger partial charge in [0, 0.05) is 17.0 Å². The smallest absolute Gasteiger partial charge is 0.264 e. The molecule has 0 saturated heterocycles. The zero-order valence-corrected chi connectivity index (χ0v) is 13.1. The molecule has 2 rings (SSSR count). The number of sulfonamides is 1. The largest absolute Gasteiger partial charge is 0.389 e. The highest BCUT2D eigenvalue weighted by atomic mass is 32.2. The van der Waals surface area contributed by atoms with Gasteiger partial charge in [0.2, 0.25) is 5.95 Å². The first-order valence-electron chi connectivity index (χ1n) is 6.03. The van der Waals surface area contributed by atoms with Crippen LogP contribution in [0.25, 0.3) is 0 Å². The molecule has 1 aromatic carbocycles. The third-order valence-electron chi connectivity index (χ3n) is 2.66. The van der Waals surface area contributed by atoms with Gasteiger partial charge in [-0.25, -0.2) is 23.1 Å². The maximum atomic E-state index is 12.3. The van der Waals surface area contributed by atoms with Gasteiger partial charge in [0.05, 0.1) is 4.90 Å². The number of anilines is 1. The summed E-state index contributed by atoms with van der Waals surface area (Å²) in [6.07, 6.45) is 0. The molecule has 2 aromatic rings. The van der Waals surface area contributed by atoms with E-state index in [1.54, 1.807) is 32.0 Å². The van der Waals surface area contributed by atoms with Crippen molar-refractivity contribution in [1.82, 2.24) is 9.97 Å². The van der Waals surface area contributed by atoms with Crippen molar-refractivity contribution >= 4 is 33.2 Å². The van der Waals surface area contributed by atoms with Crippen LogP contribution >= 0.6 is 12.2 Å². The molecule has 0 amide bonds. The Hall–Kier alpha value is -2.06. The number of hydrogen-bond donors (Lipinski definition) is 2. The number of nitrogens with zero attached hydrogens (tertiary/aromatic N) is 2. The van der Waals surface area contributed by atoms with E-state index in [0.29, 0.717) is 17.0 Å². The number of hydrogen-bond acceptors (Lipinski definition) is 5. The molecule has 8 heteroatoms. The fourth-order valence-corrected chi connectivity index (χ4v) is 2.83. The fourth-order valence-electron chi connectivity index (χ4n) is 1.75. The van der Waals surface area contributed by atoms with Crippen LogP contribution in [0.2, 0.25) is 0 Å². The second-order valence-corrected chi connectivity index (χ2v) is 6.59. The van der Waals surface area contributed by atoms with Gasteiger partial charge in [-0.1, -0.05) is 24.4 Å². The van der Waals surface area contributed by atoms with Gasteiger partial charge in [-0.2, -0.15) is 0 Å². The van der Waals surface area contributed by atoms with E-state index in [-0.39, 0.29) is 15.8 Å². The topological polar surface area (TPSA) is 98.0 Å². The molecule has 1 aromatic heterocycles. The molecule has 0 atom stereocenters. The molecule has 0 aliphatic rings. The minimum absolute atomic E-state index is 0.0472. The minimum atomic E-state index is -3.75. The highest BCUT2D eigenvalue weighted by Gasteiger charge is 2.16. The van der Waals surface area contributed by atoms with Crippen molar-refractivity contribution in [1.29, 1.82) is 0 Å². The Labute approximate surface area is 128 Å². The van der Waals surface area contributed by atoms with Crippen molar-refractivity contribution in [3.05, 3.63) is 47.3 Å². The summed E-state index contributed by atoms with van der Waals surface area (Å²) in [6, 6.07) is 7.73. The Morgan fingerprint density at radius 3 is 2.14 bits per heavy atom. The number of benzene rings is 1. The molecule has 1 heterocycles. The predicted octanol–water partition coefficient (Wildman–Crippen LogP) is 1.53. The van der Waals surface area contributed by atoms with Crippen molar-refractivity contribution in [2.45, 2.75) is 18.7 Å². The van der Waals surface area contributed by atoms with Gasteiger partial charge < -0.3 is 5.73 Å². The third kappa shape index (κ3) is 3.73. The van der Waals surface area contributed by atoms with Gasteiger partial charge in [0.15, 0.2) is 0 Å². The first kappa shape index (κ1) is 15.3. The molecule has 0 fully saturated rings. The second kappa shape index (κ2) is 5.74. The number of thiocarbonyl (C=S) groups is 1. The van der Waals surface area contributed by atoms with Gasteiger partial charge in [0.25, 0.3) is 10.0 Å². The summed E-state index contributed by atoms with van der Waals surface area (Å²) in [4.78, 5) is 8.40. The summed E-state index contributed by atoms with van der Waals surface area (Å²) in [7, 11) is -3.75. The Morgan fingerprint density at radius 1 is 1.14 bits per heavy atom. The average Bonchev–Trinajstić information content (AvgIpc) is 2.37. The van der Waals surface area contributed by atoms with E-state index in [9.17, 15) is 8.42 Å². The summed E-state index contributed by atoms with van der Waals surface area (Å²) >= 11 is 4.83. The first-order chi connectivity index (χ1) is 9.78. The fraction of sp³-hybridized carbons (Fsp3) is 0.154. The normalized spacial score (nSPS) is 11.1. The molecule has 0 aliphatic heterocycles. The number of nitrogens with one attached hydrogen (secondary N) is 1. The number of rotatable bonds is 4. The molecule has 6 nitrogen and oxygen atoms in total. The number of aromatic nitrogens is 2. The lowest BCUT2D eigenvalue weighted by Crippen LogP contribution is -2.16. The zero-order valence-electron chi connectivity index (χ0n) is 11.5. The molecule has 0 radical (unpaired) electrons. The van der Waals surface area contributed by atoms with E-state index in [0.717, 1.165) is 0 Å². The van der Waals surface area contributed by atoms with E-state index in [1.165, 1.54) is 12.1 Å². The SMILES string of the molecule is Cc1cc(C)nc(NS(=O)(=O)c2ccc(C(N)=S)cc2)n1. The van der Waals surface area contributed by atoms with Crippen LogP contribution in [0.1, 0.15) is 17.0 Å². The van der Waals surface area contributed by atoms with Crippen molar-refractivity contribution < 1.29 is 8.42 Å². The number of nitrogens with two attached hydrogens (primary N) is 1. The van der Waals surface area contributed by atoms with E-state index in [1.807, 2.05) is 0 Å². The zero-order chi connectivity index (χ0) is 15.6. The molecular formula is C13H14N4O2S2. The van der Waals surface area contributed by atoms with E-state index >= 15 is 0 Å². The molecule has 0 spiro atoms. The van der Waals surface area contributed by atoms with Crippen LogP contribution in [0.5, 0.6) is 0 Å². The van der Waals surface area contributed by atoms with Crippen LogP contribution in [0, 0.1) is 13.8 Å². The van der Waals surface area contributed by atoms with Gasteiger partial charge >= 0.3 is 0 Å². The number of aryl methyl sites for hydroxylation is 2. The highest BCUT2D eigenvalue weighted by Crippen LogP contribution is 2.15. The van der Waals surface area contributed by atoms with Crippen LogP contribution in [0.3, 0.4) is 0 Å². The Bertz CT molecular complexity index is 766. The van der Waals surface area contributed by atoms with Crippen LogP contribution < -0.4 is 10.5 Å². The maximum Gasteiger partial charge on any atom is 0.264 e. The molecule has 21 heavy (non-hydrogen) atoms. The Morgan fingerprint density at radius 2 is 1.67 bits per heavy atom. The lowest BCUT2D eigenvalue weighted by molar-refractivity contribution is 0.600. The Balaban J connectivity index is 2.31. The average molecular weight is 322 g/mol. The lowest BCUT2D eigenvalue weighted by atomic mass is 10.2. The quantitative estimate of drug-likeness (QED) is 0.828. The Kier molecular flexibility index (Phi) is 4.19.